The molecule has 0 aliphatic carbocycles. The Kier molecular flexibility index (Phi) is 5.53. The van der Waals surface area contributed by atoms with Gasteiger partial charge in [0.15, 0.2) is 0 Å². The predicted octanol–water partition coefficient (Wildman–Crippen LogP) is 1.78. The number of hydrogen-bond donors (Lipinski definition) is 2. The van der Waals surface area contributed by atoms with Crippen molar-refractivity contribution in [3.8, 4) is 11.8 Å². The fraction of sp³-hybridized carbons (Fsp3) is 0.167. The van der Waals surface area contributed by atoms with Crippen molar-refractivity contribution in [2.24, 2.45) is 0 Å². The Balaban J connectivity index is 2.20. The molecule has 0 bridgehead atoms. The Morgan fingerprint density at radius 3 is 2.50 bits per heavy atom. The third-order valence-corrected chi connectivity index (χ3v) is 3.48. The number of esters is 1. The zero-order valence-corrected chi connectivity index (χ0v) is 13.0. The first-order valence-electron chi connectivity index (χ1n) is 7.21. The molecule has 0 aliphatic heterocycles. The van der Waals surface area contributed by atoms with Gasteiger partial charge in [-0.05, 0) is 35.9 Å². The van der Waals surface area contributed by atoms with Gasteiger partial charge in [-0.1, -0.05) is 18.2 Å². The average molecular weight is 324 g/mol. The van der Waals surface area contributed by atoms with Crippen molar-refractivity contribution in [1.82, 2.24) is 5.32 Å². The monoisotopic (exact) mass is 324 g/mol. The number of carbonyl (C=O) groups excluding carboxylic acids is 2. The molecule has 1 atom stereocenters. The molecular formula is C18H16N2O4. The third-order valence-electron chi connectivity index (χ3n) is 3.48. The van der Waals surface area contributed by atoms with Crippen LogP contribution in [0.25, 0.3) is 0 Å². The van der Waals surface area contributed by atoms with Crippen molar-refractivity contribution in [1.29, 1.82) is 5.26 Å². The van der Waals surface area contributed by atoms with Gasteiger partial charge in [-0.3, -0.25) is 4.79 Å². The lowest BCUT2D eigenvalue weighted by atomic mass is 10.0. The topological polar surface area (TPSA) is 99.4 Å². The van der Waals surface area contributed by atoms with Crippen LogP contribution in [0.15, 0.2) is 48.5 Å². The first-order chi connectivity index (χ1) is 11.5. The summed E-state index contributed by atoms with van der Waals surface area (Å²) >= 11 is 0. The molecule has 2 aromatic carbocycles. The van der Waals surface area contributed by atoms with Gasteiger partial charge in [0.2, 0.25) is 0 Å². The number of rotatable bonds is 5. The second-order valence-electron chi connectivity index (χ2n) is 5.07. The molecule has 2 rings (SSSR count). The number of nitrogens with one attached hydrogen (secondary N) is 1. The number of aromatic hydroxyl groups is 1. The Bertz CT molecular complexity index is 778. The van der Waals surface area contributed by atoms with Crippen molar-refractivity contribution in [3.63, 3.8) is 0 Å². The first kappa shape index (κ1) is 17.0. The maximum Gasteiger partial charge on any atom is 0.328 e. The summed E-state index contributed by atoms with van der Waals surface area (Å²) in [7, 11) is 1.23. The van der Waals surface area contributed by atoms with E-state index in [1.807, 2.05) is 0 Å². The minimum absolute atomic E-state index is 0.0408. The molecule has 0 radical (unpaired) electrons. The smallest absolute Gasteiger partial charge is 0.328 e. The SMILES string of the molecule is COC(=O)[C@@H](Cc1ccccc1C#N)NC(=O)c1ccc(O)cc1. The molecule has 0 spiro atoms. The number of amides is 1. The molecule has 0 heterocycles. The van der Waals surface area contributed by atoms with E-state index in [1.165, 1.54) is 31.4 Å². The Hall–Kier alpha value is -3.33. The molecule has 2 aromatic rings. The fourth-order valence-electron chi connectivity index (χ4n) is 2.22. The highest BCUT2D eigenvalue weighted by Crippen LogP contribution is 2.13. The van der Waals surface area contributed by atoms with Crippen molar-refractivity contribution < 1.29 is 19.4 Å². The summed E-state index contributed by atoms with van der Waals surface area (Å²) in [5, 5.41) is 21.0. The van der Waals surface area contributed by atoms with E-state index in [4.69, 9.17) is 10.00 Å². The molecule has 24 heavy (non-hydrogen) atoms. The molecule has 0 aliphatic rings. The number of hydrogen-bond acceptors (Lipinski definition) is 5. The lowest BCUT2D eigenvalue weighted by Gasteiger charge is -2.17. The maximum absolute atomic E-state index is 12.3. The number of nitriles is 1. The molecule has 6 heteroatoms. The summed E-state index contributed by atoms with van der Waals surface area (Å²) in [4.78, 5) is 24.2. The number of phenols is 1. The standard InChI is InChI=1S/C18H16N2O4/c1-24-18(23)16(10-13-4-2-3-5-14(13)11-19)20-17(22)12-6-8-15(21)9-7-12/h2-9,16,21H,10H2,1H3,(H,20,22)/t16-/m1/s1. The van der Waals surface area contributed by atoms with Crippen molar-refractivity contribution in [2.75, 3.05) is 7.11 Å². The quantitative estimate of drug-likeness (QED) is 0.817. The molecule has 1 amide bonds. The van der Waals surface area contributed by atoms with E-state index < -0.39 is 17.9 Å². The van der Waals surface area contributed by atoms with E-state index in [-0.39, 0.29) is 12.2 Å². The van der Waals surface area contributed by atoms with E-state index in [9.17, 15) is 14.7 Å². The van der Waals surface area contributed by atoms with Gasteiger partial charge in [-0.25, -0.2) is 4.79 Å². The molecule has 0 fully saturated rings. The molecule has 6 nitrogen and oxygen atoms in total. The average Bonchev–Trinajstić information content (AvgIpc) is 2.61. The minimum atomic E-state index is -0.925. The molecule has 0 unspecified atom stereocenters. The van der Waals surface area contributed by atoms with Crippen LogP contribution in [0.2, 0.25) is 0 Å². The van der Waals surface area contributed by atoms with E-state index in [0.717, 1.165) is 0 Å². The summed E-state index contributed by atoms with van der Waals surface area (Å²) in [6, 6.07) is 13.6. The molecule has 122 valence electrons. The largest absolute Gasteiger partial charge is 0.508 e. The van der Waals surface area contributed by atoms with Crippen LogP contribution < -0.4 is 5.32 Å². The normalized spacial score (nSPS) is 11.2. The number of ether oxygens (including phenoxy) is 1. The zero-order valence-electron chi connectivity index (χ0n) is 13.0. The predicted molar refractivity (Wildman–Crippen MR) is 86.2 cm³/mol. The molecule has 0 aromatic heterocycles. The van der Waals surface area contributed by atoms with E-state index in [2.05, 4.69) is 11.4 Å². The van der Waals surface area contributed by atoms with Crippen LogP contribution in [0.5, 0.6) is 5.75 Å². The highest BCUT2D eigenvalue weighted by molar-refractivity contribution is 5.96. The van der Waals surface area contributed by atoms with Gasteiger partial charge in [0.25, 0.3) is 5.91 Å². The summed E-state index contributed by atoms with van der Waals surface area (Å²) < 4.78 is 4.74. The van der Waals surface area contributed by atoms with Crippen LogP contribution >= 0.6 is 0 Å². The minimum Gasteiger partial charge on any atom is -0.508 e. The van der Waals surface area contributed by atoms with Gasteiger partial charge in [0.05, 0.1) is 18.7 Å². The van der Waals surface area contributed by atoms with Crippen LogP contribution in [-0.4, -0.2) is 30.1 Å². The highest BCUT2D eigenvalue weighted by atomic mass is 16.5. The van der Waals surface area contributed by atoms with E-state index in [1.54, 1.807) is 24.3 Å². The van der Waals surface area contributed by atoms with Gasteiger partial charge in [-0.2, -0.15) is 5.26 Å². The Morgan fingerprint density at radius 1 is 1.21 bits per heavy atom. The lowest BCUT2D eigenvalue weighted by Crippen LogP contribution is -2.43. The fourth-order valence-corrected chi connectivity index (χ4v) is 2.22. The number of methoxy groups -OCH3 is 1. The lowest BCUT2D eigenvalue weighted by molar-refractivity contribution is -0.142. The summed E-state index contributed by atoms with van der Waals surface area (Å²) in [5.41, 5.74) is 1.38. The van der Waals surface area contributed by atoms with Gasteiger partial charge in [0.1, 0.15) is 11.8 Å². The number of carbonyl (C=O) groups is 2. The number of phenolic OH excluding ortho intramolecular Hbond substituents is 1. The second kappa shape index (κ2) is 7.79. The van der Waals surface area contributed by atoms with Crippen LogP contribution in [0.3, 0.4) is 0 Å². The van der Waals surface area contributed by atoms with Crippen LogP contribution in [0.1, 0.15) is 21.5 Å². The number of benzene rings is 2. The van der Waals surface area contributed by atoms with Crippen LogP contribution in [-0.2, 0) is 16.0 Å². The van der Waals surface area contributed by atoms with Crippen molar-refractivity contribution in [3.05, 3.63) is 65.2 Å². The van der Waals surface area contributed by atoms with Crippen LogP contribution in [0.4, 0.5) is 0 Å². The Labute approximate surface area is 139 Å². The zero-order chi connectivity index (χ0) is 17.5. The maximum atomic E-state index is 12.3. The van der Waals surface area contributed by atoms with Gasteiger partial charge < -0.3 is 15.2 Å². The molecule has 0 saturated carbocycles. The first-order valence-corrected chi connectivity index (χ1v) is 7.21. The molecular weight excluding hydrogens is 308 g/mol. The molecule has 0 saturated heterocycles. The Morgan fingerprint density at radius 2 is 1.88 bits per heavy atom. The van der Waals surface area contributed by atoms with Gasteiger partial charge >= 0.3 is 5.97 Å². The summed E-state index contributed by atoms with van der Waals surface area (Å²) in [5.74, 6) is -1.03. The van der Waals surface area contributed by atoms with Crippen molar-refractivity contribution >= 4 is 11.9 Å². The molecule has 2 N–H and O–H groups in total. The summed E-state index contributed by atoms with van der Waals surface area (Å²) in [6.07, 6.45) is 0.139. The van der Waals surface area contributed by atoms with Crippen molar-refractivity contribution in [2.45, 2.75) is 12.5 Å². The van der Waals surface area contributed by atoms with Crippen LogP contribution in [0, 0.1) is 11.3 Å². The number of nitrogens with zero attached hydrogens (tertiary/aromatic N) is 1. The van der Waals surface area contributed by atoms with Gasteiger partial charge in [0, 0.05) is 12.0 Å². The summed E-state index contributed by atoms with van der Waals surface area (Å²) in [6.45, 7) is 0. The highest BCUT2D eigenvalue weighted by Gasteiger charge is 2.23. The third kappa shape index (κ3) is 4.11. The van der Waals surface area contributed by atoms with E-state index in [0.29, 0.717) is 16.7 Å². The van der Waals surface area contributed by atoms with Gasteiger partial charge in [-0.15, -0.1) is 0 Å². The second-order valence-corrected chi connectivity index (χ2v) is 5.07. The van der Waals surface area contributed by atoms with E-state index >= 15 is 0 Å².